The summed E-state index contributed by atoms with van der Waals surface area (Å²) in [5.41, 5.74) is 3.69. The first-order valence-electron chi connectivity index (χ1n) is 15.9. The lowest BCUT2D eigenvalue weighted by atomic mass is 9.64. The van der Waals surface area contributed by atoms with Gasteiger partial charge in [0.05, 0.1) is 0 Å². The van der Waals surface area contributed by atoms with Crippen LogP contribution in [0.3, 0.4) is 0 Å². The van der Waals surface area contributed by atoms with Crippen molar-refractivity contribution in [1.29, 1.82) is 0 Å². The highest BCUT2D eigenvalue weighted by molar-refractivity contribution is 5.99. The number of aryl methyl sites for hydroxylation is 1. The Bertz CT molecular complexity index is 1940. The van der Waals surface area contributed by atoms with Crippen molar-refractivity contribution in [2.45, 2.75) is 91.0 Å². The van der Waals surface area contributed by atoms with Crippen LogP contribution < -0.4 is 20.1 Å². The molecule has 1 N–H and O–H groups in total. The van der Waals surface area contributed by atoms with E-state index in [1.807, 2.05) is 26.1 Å². The highest BCUT2D eigenvalue weighted by Crippen LogP contribution is 2.50. The Balaban J connectivity index is 1.92. The number of halogens is 4. The summed E-state index contributed by atoms with van der Waals surface area (Å²) < 4.78 is 63.5. The molecule has 0 radical (unpaired) electrons. The summed E-state index contributed by atoms with van der Waals surface area (Å²) in [4.78, 5) is 14.9. The Morgan fingerprint density at radius 2 is 1.69 bits per heavy atom. The van der Waals surface area contributed by atoms with Crippen LogP contribution in [0.5, 0.6) is 0 Å². The molecule has 0 fully saturated rings. The third-order valence-corrected chi connectivity index (χ3v) is 10.6. The van der Waals surface area contributed by atoms with Gasteiger partial charge in [-0.05, 0) is 91.6 Å². The van der Waals surface area contributed by atoms with Gasteiger partial charge in [0.1, 0.15) is 19.2 Å². The van der Waals surface area contributed by atoms with Gasteiger partial charge in [-0.2, -0.15) is 0 Å². The Hall–Kier alpha value is -3.68. The predicted octanol–water partition coefficient (Wildman–Crippen LogP) is 6.57. The van der Waals surface area contributed by atoms with Crippen molar-refractivity contribution in [2.24, 2.45) is 0 Å². The fourth-order valence-corrected chi connectivity index (χ4v) is 8.76. The first-order chi connectivity index (χ1) is 21.1. The molecule has 0 saturated carbocycles. The topological polar surface area (TPSA) is 43.6 Å². The monoisotopic (exact) mass is 621 g/mol. The average molecular weight is 622 g/mol. The van der Waals surface area contributed by atoms with Crippen molar-refractivity contribution in [1.82, 2.24) is 4.58 Å². The Kier molecular flexibility index (Phi) is 7.25. The van der Waals surface area contributed by atoms with E-state index in [1.54, 1.807) is 0 Å². The lowest BCUT2D eigenvalue weighted by molar-refractivity contribution is 0.0689. The molecule has 1 unspecified atom stereocenters. The summed E-state index contributed by atoms with van der Waals surface area (Å²) in [6.45, 7) is 16.5. The van der Waals surface area contributed by atoms with Crippen LogP contribution in [0, 0.1) is 23.3 Å². The van der Waals surface area contributed by atoms with Gasteiger partial charge < -0.3 is 10.0 Å². The van der Waals surface area contributed by atoms with Gasteiger partial charge in [0.15, 0.2) is 23.3 Å². The van der Waals surface area contributed by atoms with E-state index in [2.05, 4.69) is 57.1 Å². The number of nitrogens with zero attached hydrogens (tertiary/aromatic N) is 2. The molecule has 8 heteroatoms. The molecule has 238 valence electrons. The molecular weight excluding hydrogens is 580 g/mol. The van der Waals surface area contributed by atoms with E-state index < -0.39 is 45.8 Å². The number of hydrogen-bond acceptors (Lipinski definition) is 2. The molecule has 3 aromatic carbocycles. The maximum Gasteiger partial charge on any atom is 0.339 e. The summed E-state index contributed by atoms with van der Waals surface area (Å²) in [6.07, 6.45) is 3.12. The van der Waals surface area contributed by atoms with Crippen molar-refractivity contribution < 1.29 is 27.5 Å². The van der Waals surface area contributed by atoms with Crippen LogP contribution >= 0.6 is 0 Å². The zero-order chi connectivity index (χ0) is 32.9. The maximum atomic E-state index is 16.2. The molecule has 0 spiro atoms. The number of benzene rings is 3. The van der Waals surface area contributed by atoms with Crippen molar-refractivity contribution in [2.75, 3.05) is 25.0 Å². The van der Waals surface area contributed by atoms with Gasteiger partial charge in [0, 0.05) is 51.9 Å². The molecular formula is C37H41F4N2O2+. The van der Waals surface area contributed by atoms with Crippen LogP contribution in [0.15, 0.2) is 18.2 Å². The zero-order valence-corrected chi connectivity index (χ0v) is 27.3. The molecule has 2 aliphatic heterocycles. The van der Waals surface area contributed by atoms with Gasteiger partial charge in [0.25, 0.3) is 0 Å². The van der Waals surface area contributed by atoms with E-state index in [1.165, 1.54) is 0 Å². The quantitative estimate of drug-likeness (QED) is 0.155. The van der Waals surface area contributed by atoms with Crippen LogP contribution in [0.25, 0.3) is 5.57 Å². The highest BCUT2D eigenvalue weighted by atomic mass is 19.2. The second-order valence-electron chi connectivity index (χ2n) is 14.1. The molecule has 0 aromatic heterocycles. The first-order valence-corrected chi connectivity index (χ1v) is 15.9. The summed E-state index contributed by atoms with van der Waals surface area (Å²) >= 11 is 0. The van der Waals surface area contributed by atoms with E-state index in [0.29, 0.717) is 17.2 Å². The second kappa shape index (κ2) is 10.4. The van der Waals surface area contributed by atoms with E-state index in [9.17, 15) is 14.3 Å². The second-order valence-corrected chi connectivity index (χ2v) is 14.1. The fraction of sp³-hybridized carbons (Fsp3) is 0.459. The standard InChI is InChI=1S/C37H40F4N2O2/c1-9-19-14-23-26(27-28(35(44)45)31(39)33(41)32(40)30(27)38)22-15-21-18(3)17-36(4,5)43(10-2)25(21)16-24(22)37(6,7)29(23)20-12-11-13-42(8)34(19)20/h14-16,18H,9-13,17H2,1-8H3/p+1. The van der Waals surface area contributed by atoms with Gasteiger partial charge in [-0.1, -0.05) is 27.7 Å². The minimum absolute atomic E-state index is 0.0978. The molecule has 0 amide bonds. The molecule has 6 rings (SSSR count). The number of fused-ring (bicyclic) bond motifs is 5. The Morgan fingerprint density at radius 3 is 2.31 bits per heavy atom. The molecule has 0 bridgehead atoms. The summed E-state index contributed by atoms with van der Waals surface area (Å²) in [5.74, 6) is -9.52. The minimum atomic E-state index is -2.13. The predicted molar refractivity (Wildman–Crippen MR) is 169 cm³/mol. The molecule has 3 aliphatic rings. The largest absolute Gasteiger partial charge is 0.478 e. The van der Waals surface area contributed by atoms with Crippen LogP contribution in [0.4, 0.5) is 23.2 Å². The van der Waals surface area contributed by atoms with E-state index in [-0.39, 0.29) is 17.0 Å². The molecule has 2 heterocycles. The fourth-order valence-electron chi connectivity index (χ4n) is 8.76. The minimum Gasteiger partial charge on any atom is -0.478 e. The zero-order valence-electron chi connectivity index (χ0n) is 27.3. The molecule has 1 atom stereocenters. The smallest absolute Gasteiger partial charge is 0.339 e. The third-order valence-electron chi connectivity index (χ3n) is 10.6. The summed E-state index contributed by atoms with van der Waals surface area (Å²) in [6, 6.07) is 6.02. The van der Waals surface area contributed by atoms with Gasteiger partial charge in [-0.25, -0.2) is 26.9 Å². The Labute approximate surface area is 261 Å². The molecule has 3 aromatic rings. The molecule has 1 aliphatic carbocycles. The average Bonchev–Trinajstić information content (AvgIpc) is 2.97. The van der Waals surface area contributed by atoms with Gasteiger partial charge in [-0.15, -0.1) is 0 Å². The van der Waals surface area contributed by atoms with Crippen molar-refractivity contribution >= 4 is 17.2 Å². The molecule has 4 nitrogen and oxygen atoms in total. The molecule has 0 saturated heterocycles. The highest BCUT2D eigenvalue weighted by Gasteiger charge is 2.43. The SMILES string of the molecule is CCc1cc2c(c3c1=[N+](C)CCC3)C(C)(C)c1cc3c(cc1C=2c1c(F)c(F)c(F)c(F)c1C(=O)O)C(C)CC(C)(C)N3CC. The maximum absolute atomic E-state index is 16.2. The van der Waals surface area contributed by atoms with Crippen LogP contribution in [-0.2, 0) is 18.3 Å². The van der Waals surface area contributed by atoms with Gasteiger partial charge in [-0.3, -0.25) is 0 Å². The number of aromatic carboxylic acids is 1. The van der Waals surface area contributed by atoms with Crippen LogP contribution in [0.1, 0.15) is 117 Å². The first kappa shape index (κ1) is 31.3. The number of carboxylic acid groups (broad SMARTS) is 1. The lowest BCUT2D eigenvalue weighted by Crippen LogP contribution is -2.49. The van der Waals surface area contributed by atoms with Crippen molar-refractivity contribution in [3.63, 3.8) is 0 Å². The number of hydrogen-bond donors (Lipinski definition) is 1. The lowest BCUT2D eigenvalue weighted by Gasteiger charge is -2.48. The van der Waals surface area contributed by atoms with E-state index >= 15 is 13.2 Å². The van der Waals surface area contributed by atoms with Crippen molar-refractivity contribution in [3.05, 3.63) is 96.6 Å². The third kappa shape index (κ3) is 4.30. The Morgan fingerprint density at radius 1 is 1.02 bits per heavy atom. The number of carboxylic acids is 1. The van der Waals surface area contributed by atoms with Crippen molar-refractivity contribution in [3.8, 4) is 0 Å². The normalized spacial score (nSPS) is 19.6. The number of rotatable bonds is 4. The van der Waals surface area contributed by atoms with Crippen LogP contribution in [0.2, 0.25) is 0 Å². The summed E-state index contributed by atoms with van der Waals surface area (Å²) in [5, 5.41) is 11.8. The van der Waals surface area contributed by atoms with Crippen LogP contribution in [-0.4, -0.2) is 36.8 Å². The number of carbonyl (C=O) groups is 1. The van der Waals surface area contributed by atoms with E-state index in [4.69, 9.17) is 0 Å². The van der Waals surface area contributed by atoms with Gasteiger partial charge in [0.2, 0.25) is 5.36 Å². The number of anilines is 1. The summed E-state index contributed by atoms with van der Waals surface area (Å²) in [7, 11) is 2.05. The van der Waals surface area contributed by atoms with E-state index in [0.717, 1.165) is 71.2 Å². The van der Waals surface area contributed by atoms with Gasteiger partial charge >= 0.3 is 5.97 Å². The molecule has 45 heavy (non-hydrogen) atoms.